The van der Waals surface area contributed by atoms with Crippen LogP contribution < -0.4 is 5.73 Å². The molecular formula is C16H26N2. The van der Waals surface area contributed by atoms with Gasteiger partial charge in [-0.25, -0.2) is 0 Å². The highest BCUT2D eigenvalue weighted by molar-refractivity contribution is 5.19. The molecule has 2 unspecified atom stereocenters. The van der Waals surface area contributed by atoms with Gasteiger partial charge in [0.2, 0.25) is 0 Å². The van der Waals surface area contributed by atoms with Crippen molar-refractivity contribution in [1.29, 1.82) is 0 Å². The van der Waals surface area contributed by atoms with Crippen molar-refractivity contribution in [3.8, 4) is 0 Å². The van der Waals surface area contributed by atoms with Gasteiger partial charge in [-0.3, -0.25) is 4.90 Å². The minimum atomic E-state index is 0.197. The first-order valence-corrected chi connectivity index (χ1v) is 7.09. The molecule has 1 aliphatic heterocycles. The summed E-state index contributed by atoms with van der Waals surface area (Å²) in [5.41, 5.74) is 7.56. The zero-order chi connectivity index (χ0) is 13.2. The van der Waals surface area contributed by atoms with Crippen LogP contribution in [0.5, 0.6) is 0 Å². The molecule has 1 heterocycles. The van der Waals surface area contributed by atoms with Gasteiger partial charge in [0.05, 0.1) is 0 Å². The quantitative estimate of drug-likeness (QED) is 0.887. The maximum Gasteiger partial charge on any atom is 0.0325 e. The lowest BCUT2D eigenvalue weighted by Gasteiger charge is -2.50. The molecule has 0 aliphatic carbocycles. The van der Waals surface area contributed by atoms with E-state index in [4.69, 9.17) is 5.73 Å². The van der Waals surface area contributed by atoms with E-state index in [1.165, 1.54) is 24.9 Å². The van der Waals surface area contributed by atoms with E-state index in [-0.39, 0.29) is 5.54 Å². The molecule has 2 N–H and O–H groups in total. The first-order valence-electron chi connectivity index (χ1n) is 7.09. The second kappa shape index (κ2) is 5.41. The Morgan fingerprint density at radius 1 is 1.33 bits per heavy atom. The number of hydrogen-bond donors (Lipinski definition) is 1. The van der Waals surface area contributed by atoms with Crippen LogP contribution in [-0.2, 0) is 0 Å². The molecule has 2 nitrogen and oxygen atoms in total. The van der Waals surface area contributed by atoms with Crippen molar-refractivity contribution in [1.82, 2.24) is 4.90 Å². The van der Waals surface area contributed by atoms with Gasteiger partial charge in [0, 0.05) is 11.6 Å². The molecule has 1 aromatic rings. The van der Waals surface area contributed by atoms with Crippen LogP contribution in [0.4, 0.5) is 0 Å². The van der Waals surface area contributed by atoms with Crippen molar-refractivity contribution in [3.63, 3.8) is 0 Å². The lowest BCUT2D eigenvalue weighted by Crippen LogP contribution is -2.55. The van der Waals surface area contributed by atoms with Crippen molar-refractivity contribution < 1.29 is 0 Å². The molecule has 1 fully saturated rings. The number of nitrogens with zero attached hydrogens (tertiary/aromatic N) is 1. The van der Waals surface area contributed by atoms with Gasteiger partial charge in [-0.15, -0.1) is 0 Å². The van der Waals surface area contributed by atoms with Crippen LogP contribution in [0, 0.1) is 5.92 Å². The van der Waals surface area contributed by atoms with Crippen LogP contribution in [0.25, 0.3) is 0 Å². The van der Waals surface area contributed by atoms with Crippen molar-refractivity contribution in [2.45, 2.75) is 45.2 Å². The number of rotatable bonds is 3. The van der Waals surface area contributed by atoms with Gasteiger partial charge in [-0.2, -0.15) is 0 Å². The summed E-state index contributed by atoms with van der Waals surface area (Å²) < 4.78 is 0. The van der Waals surface area contributed by atoms with Crippen LogP contribution in [0.15, 0.2) is 30.3 Å². The molecule has 1 aromatic carbocycles. The monoisotopic (exact) mass is 246 g/mol. The Bertz CT molecular complexity index is 372. The van der Waals surface area contributed by atoms with Crippen LogP contribution >= 0.6 is 0 Å². The Balaban J connectivity index is 2.21. The summed E-state index contributed by atoms with van der Waals surface area (Å²) in [4.78, 5) is 2.63. The molecular weight excluding hydrogens is 220 g/mol. The standard InChI is InChI=1S/C16H26N2/c1-13(14-8-5-4-6-9-14)18-11-7-10-15(12-17)16(18,2)3/h4-6,8-9,13,15H,7,10-12,17H2,1-3H3. The Kier molecular flexibility index (Phi) is 4.08. The van der Waals surface area contributed by atoms with E-state index in [0.29, 0.717) is 12.0 Å². The van der Waals surface area contributed by atoms with E-state index in [1.54, 1.807) is 0 Å². The molecule has 1 saturated heterocycles. The molecule has 1 aliphatic rings. The Hall–Kier alpha value is -0.860. The number of benzene rings is 1. The van der Waals surface area contributed by atoms with Gasteiger partial charge in [0.25, 0.3) is 0 Å². The first-order chi connectivity index (χ1) is 8.57. The summed E-state index contributed by atoms with van der Waals surface area (Å²) in [5, 5.41) is 0. The fraction of sp³-hybridized carbons (Fsp3) is 0.625. The van der Waals surface area contributed by atoms with Crippen molar-refractivity contribution in [3.05, 3.63) is 35.9 Å². The topological polar surface area (TPSA) is 29.3 Å². The third-order valence-electron chi connectivity index (χ3n) is 4.72. The highest BCUT2D eigenvalue weighted by atomic mass is 15.2. The fourth-order valence-corrected chi connectivity index (χ4v) is 3.39. The normalized spacial score (nSPS) is 25.9. The lowest BCUT2D eigenvalue weighted by molar-refractivity contribution is -0.00481. The van der Waals surface area contributed by atoms with Gasteiger partial charge in [0.1, 0.15) is 0 Å². The van der Waals surface area contributed by atoms with E-state index >= 15 is 0 Å². The SMILES string of the molecule is CC(c1ccccc1)N1CCCC(CN)C1(C)C. The van der Waals surface area contributed by atoms with Crippen LogP contribution in [0.3, 0.4) is 0 Å². The number of piperidine rings is 1. The Morgan fingerprint density at radius 3 is 2.61 bits per heavy atom. The molecule has 0 saturated carbocycles. The molecule has 18 heavy (non-hydrogen) atoms. The van der Waals surface area contributed by atoms with E-state index in [0.717, 1.165) is 6.54 Å². The molecule has 0 spiro atoms. The highest BCUT2D eigenvalue weighted by Gasteiger charge is 2.39. The minimum Gasteiger partial charge on any atom is -0.330 e. The molecule has 0 radical (unpaired) electrons. The van der Waals surface area contributed by atoms with Crippen LogP contribution in [0.1, 0.15) is 45.2 Å². The maximum atomic E-state index is 5.95. The van der Waals surface area contributed by atoms with Crippen molar-refractivity contribution in [2.24, 2.45) is 11.7 Å². The second-order valence-corrected chi connectivity index (χ2v) is 6.01. The predicted octanol–water partition coefficient (Wildman–Crippen LogP) is 3.20. The van der Waals surface area contributed by atoms with Gasteiger partial charge in [0.15, 0.2) is 0 Å². The van der Waals surface area contributed by atoms with E-state index < -0.39 is 0 Å². The number of nitrogens with two attached hydrogens (primary N) is 1. The number of likely N-dealkylation sites (tertiary alicyclic amines) is 1. The van der Waals surface area contributed by atoms with Gasteiger partial charge < -0.3 is 5.73 Å². The summed E-state index contributed by atoms with van der Waals surface area (Å²) >= 11 is 0. The van der Waals surface area contributed by atoms with Crippen LogP contribution in [-0.4, -0.2) is 23.5 Å². The lowest BCUT2D eigenvalue weighted by atomic mass is 9.78. The molecule has 100 valence electrons. The Morgan fingerprint density at radius 2 is 2.00 bits per heavy atom. The van der Waals surface area contributed by atoms with Gasteiger partial charge in [-0.05, 0) is 58.2 Å². The zero-order valence-corrected chi connectivity index (χ0v) is 11.9. The highest BCUT2D eigenvalue weighted by Crippen LogP contribution is 2.38. The van der Waals surface area contributed by atoms with Gasteiger partial charge in [-0.1, -0.05) is 30.3 Å². The average molecular weight is 246 g/mol. The van der Waals surface area contributed by atoms with Crippen molar-refractivity contribution >= 4 is 0 Å². The molecule has 2 rings (SSSR count). The third kappa shape index (κ3) is 2.45. The third-order valence-corrected chi connectivity index (χ3v) is 4.72. The smallest absolute Gasteiger partial charge is 0.0325 e. The van der Waals surface area contributed by atoms with E-state index in [1.807, 2.05) is 0 Å². The molecule has 2 heteroatoms. The Labute approximate surface area is 111 Å². The van der Waals surface area contributed by atoms with Crippen LogP contribution in [0.2, 0.25) is 0 Å². The molecule has 0 amide bonds. The maximum absolute atomic E-state index is 5.95. The molecule has 2 atom stereocenters. The predicted molar refractivity (Wildman–Crippen MR) is 77.4 cm³/mol. The van der Waals surface area contributed by atoms with Gasteiger partial charge >= 0.3 is 0 Å². The summed E-state index contributed by atoms with van der Waals surface area (Å²) in [6.07, 6.45) is 2.53. The largest absolute Gasteiger partial charge is 0.330 e. The van der Waals surface area contributed by atoms with Crippen molar-refractivity contribution in [2.75, 3.05) is 13.1 Å². The average Bonchev–Trinajstić information content (AvgIpc) is 2.38. The zero-order valence-electron chi connectivity index (χ0n) is 11.9. The first kappa shape index (κ1) is 13.6. The number of hydrogen-bond acceptors (Lipinski definition) is 2. The van der Waals surface area contributed by atoms with E-state index in [2.05, 4.69) is 56.0 Å². The fourth-order valence-electron chi connectivity index (χ4n) is 3.39. The molecule has 0 aromatic heterocycles. The van der Waals surface area contributed by atoms with E-state index in [9.17, 15) is 0 Å². The minimum absolute atomic E-state index is 0.197. The summed E-state index contributed by atoms with van der Waals surface area (Å²) in [6.45, 7) is 8.99. The molecule has 0 bridgehead atoms. The summed E-state index contributed by atoms with van der Waals surface area (Å²) in [5.74, 6) is 0.609. The second-order valence-electron chi connectivity index (χ2n) is 6.01. The summed E-state index contributed by atoms with van der Waals surface area (Å²) in [6, 6.07) is 11.3. The summed E-state index contributed by atoms with van der Waals surface area (Å²) in [7, 11) is 0.